The third-order valence-corrected chi connectivity index (χ3v) is 5.28. The number of benzene rings is 2. The molecule has 0 spiro atoms. The molecule has 164 valence electrons. The molecule has 1 aromatic heterocycles. The van der Waals surface area contributed by atoms with Gasteiger partial charge in [-0.1, -0.05) is 26.0 Å². The highest BCUT2D eigenvalue weighted by molar-refractivity contribution is 6.01. The summed E-state index contributed by atoms with van der Waals surface area (Å²) in [4.78, 5) is 12.4. The number of hydrogen-bond acceptors (Lipinski definition) is 3. The number of halogens is 1. The zero-order valence-corrected chi connectivity index (χ0v) is 18.8. The molecule has 1 heterocycles. The monoisotopic (exact) mass is 423 g/mol. The lowest BCUT2D eigenvalue weighted by Crippen LogP contribution is -2.23. The van der Waals surface area contributed by atoms with Crippen LogP contribution in [0.2, 0.25) is 0 Å². The molecule has 0 saturated carbocycles. The van der Waals surface area contributed by atoms with E-state index in [1.165, 1.54) is 12.1 Å². The van der Waals surface area contributed by atoms with Crippen LogP contribution in [0.1, 0.15) is 45.2 Å². The first-order valence-electron chi connectivity index (χ1n) is 10.7. The van der Waals surface area contributed by atoms with Gasteiger partial charge in [0.2, 0.25) is 5.91 Å². The molecular weight excluding hydrogens is 393 g/mol. The number of nitrogens with one attached hydrogen (secondary N) is 1. The fourth-order valence-electron chi connectivity index (χ4n) is 3.60. The molecule has 0 saturated heterocycles. The van der Waals surface area contributed by atoms with Gasteiger partial charge in [0.15, 0.2) is 0 Å². The zero-order chi connectivity index (χ0) is 22.5. The molecule has 2 aromatic carbocycles. The maximum absolute atomic E-state index is 13.4. The molecule has 0 fully saturated rings. The third kappa shape index (κ3) is 5.16. The molecule has 0 aliphatic heterocycles. The van der Waals surface area contributed by atoms with E-state index in [1.54, 1.807) is 24.5 Å². The van der Waals surface area contributed by atoms with E-state index in [2.05, 4.69) is 19.2 Å². The van der Waals surface area contributed by atoms with Crippen molar-refractivity contribution in [2.75, 3.05) is 13.2 Å². The van der Waals surface area contributed by atoms with Gasteiger partial charge in [0.25, 0.3) is 0 Å². The SMILES string of the molecule is CCOc1c(/C(C)=C/C(=O)NCCC(C)C)cc2c(-c3ccc(F)cc3)coc2c1C. The van der Waals surface area contributed by atoms with Crippen molar-refractivity contribution in [3.8, 4) is 16.9 Å². The Morgan fingerprint density at radius 1 is 1.26 bits per heavy atom. The second kappa shape index (κ2) is 9.82. The molecule has 3 aromatic rings. The number of fused-ring (bicyclic) bond motifs is 1. The van der Waals surface area contributed by atoms with Gasteiger partial charge in [-0.2, -0.15) is 0 Å². The number of furan rings is 1. The molecule has 5 heteroatoms. The average molecular weight is 424 g/mol. The number of carbonyl (C=O) groups is 1. The summed E-state index contributed by atoms with van der Waals surface area (Å²) in [5.74, 6) is 0.836. The van der Waals surface area contributed by atoms with Gasteiger partial charge >= 0.3 is 0 Å². The van der Waals surface area contributed by atoms with Crippen molar-refractivity contribution < 1.29 is 18.3 Å². The van der Waals surface area contributed by atoms with Crippen LogP contribution in [0.4, 0.5) is 4.39 Å². The van der Waals surface area contributed by atoms with Crippen molar-refractivity contribution in [3.63, 3.8) is 0 Å². The lowest BCUT2D eigenvalue weighted by atomic mass is 9.96. The second-order valence-electron chi connectivity index (χ2n) is 8.15. The fraction of sp³-hybridized carbons (Fsp3) is 0.346. The van der Waals surface area contributed by atoms with Crippen molar-refractivity contribution >= 4 is 22.4 Å². The van der Waals surface area contributed by atoms with E-state index in [-0.39, 0.29) is 11.7 Å². The topological polar surface area (TPSA) is 51.5 Å². The number of amides is 1. The first-order valence-corrected chi connectivity index (χ1v) is 10.7. The highest BCUT2D eigenvalue weighted by atomic mass is 19.1. The van der Waals surface area contributed by atoms with Crippen LogP contribution in [0.15, 0.2) is 47.1 Å². The van der Waals surface area contributed by atoms with Gasteiger partial charge < -0.3 is 14.5 Å². The number of carbonyl (C=O) groups excluding carboxylic acids is 1. The van der Waals surface area contributed by atoms with E-state index in [9.17, 15) is 9.18 Å². The van der Waals surface area contributed by atoms with Crippen LogP contribution >= 0.6 is 0 Å². The molecule has 0 radical (unpaired) electrons. The second-order valence-corrected chi connectivity index (χ2v) is 8.15. The van der Waals surface area contributed by atoms with Gasteiger partial charge in [0.05, 0.1) is 12.9 Å². The normalized spacial score (nSPS) is 11.9. The van der Waals surface area contributed by atoms with Crippen LogP contribution in [0.25, 0.3) is 27.7 Å². The Kier molecular flexibility index (Phi) is 7.16. The van der Waals surface area contributed by atoms with Gasteiger partial charge in [-0.25, -0.2) is 4.39 Å². The molecule has 0 bridgehead atoms. The zero-order valence-electron chi connectivity index (χ0n) is 18.8. The van der Waals surface area contributed by atoms with E-state index >= 15 is 0 Å². The van der Waals surface area contributed by atoms with Crippen molar-refractivity contribution in [3.05, 3.63) is 59.6 Å². The quantitative estimate of drug-likeness (QED) is 0.420. The lowest BCUT2D eigenvalue weighted by Gasteiger charge is -2.15. The molecule has 4 nitrogen and oxygen atoms in total. The number of rotatable bonds is 8. The minimum absolute atomic E-state index is 0.121. The third-order valence-electron chi connectivity index (χ3n) is 5.28. The standard InChI is InChI=1S/C26H30FNO3/c1-6-30-25-18(5)26-22(23(15-31-26)19-7-9-20(27)10-8-19)14-21(25)17(4)13-24(29)28-12-11-16(2)3/h7-10,13-16H,6,11-12H2,1-5H3,(H,28,29)/b17-13+. The van der Waals surface area contributed by atoms with Gasteiger partial charge in [0.1, 0.15) is 17.1 Å². The molecule has 0 unspecified atom stereocenters. The lowest BCUT2D eigenvalue weighted by molar-refractivity contribution is -0.116. The van der Waals surface area contributed by atoms with E-state index in [4.69, 9.17) is 9.15 Å². The Bertz CT molecular complexity index is 1090. The number of ether oxygens (including phenoxy) is 1. The summed E-state index contributed by atoms with van der Waals surface area (Å²) in [5, 5.41) is 3.84. The van der Waals surface area contributed by atoms with Gasteiger partial charge in [-0.05, 0) is 62.4 Å². The van der Waals surface area contributed by atoms with Crippen molar-refractivity contribution in [1.82, 2.24) is 5.32 Å². The summed E-state index contributed by atoms with van der Waals surface area (Å²) in [5.41, 5.74) is 4.98. The molecule has 3 rings (SSSR count). The fourth-order valence-corrected chi connectivity index (χ4v) is 3.60. The smallest absolute Gasteiger partial charge is 0.244 e. The Morgan fingerprint density at radius 2 is 1.97 bits per heavy atom. The number of aryl methyl sites for hydroxylation is 1. The highest BCUT2D eigenvalue weighted by Gasteiger charge is 2.19. The van der Waals surface area contributed by atoms with Crippen LogP contribution in [0.3, 0.4) is 0 Å². The summed E-state index contributed by atoms with van der Waals surface area (Å²) in [6, 6.07) is 8.32. The maximum atomic E-state index is 13.4. The minimum Gasteiger partial charge on any atom is -0.493 e. The predicted octanol–water partition coefficient (Wildman–Crippen LogP) is 6.51. The van der Waals surface area contributed by atoms with Crippen molar-refractivity contribution in [2.24, 2.45) is 5.92 Å². The van der Waals surface area contributed by atoms with Crippen LogP contribution in [-0.4, -0.2) is 19.1 Å². The molecule has 0 aliphatic rings. The molecule has 0 atom stereocenters. The molecule has 1 N–H and O–H groups in total. The summed E-state index contributed by atoms with van der Waals surface area (Å²) < 4.78 is 25.2. The summed E-state index contributed by atoms with van der Waals surface area (Å²) in [7, 11) is 0. The Morgan fingerprint density at radius 3 is 2.61 bits per heavy atom. The molecule has 1 amide bonds. The highest BCUT2D eigenvalue weighted by Crippen LogP contribution is 2.40. The van der Waals surface area contributed by atoms with Gasteiger partial charge in [-0.3, -0.25) is 4.79 Å². The van der Waals surface area contributed by atoms with Crippen LogP contribution in [-0.2, 0) is 4.79 Å². The predicted molar refractivity (Wildman–Crippen MR) is 124 cm³/mol. The van der Waals surface area contributed by atoms with Crippen LogP contribution < -0.4 is 10.1 Å². The van der Waals surface area contributed by atoms with E-state index in [1.807, 2.05) is 26.8 Å². The summed E-state index contributed by atoms with van der Waals surface area (Å²) in [6.07, 6.45) is 4.23. The average Bonchev–Trinajstić information content (AvgIpc) is 3.14. The van der Waals surface area contributed by atoms with Crippen LogP contribution in [0.5, 0.6) is 5.75 Å². The van der Waals surface area contributed by atoms with E-state index in [0.29, 0.717) is 24.8 Å². The first kappa shape index (κ1) is 22.6. The van der Waals surface area contributed by atoms with Gasteiger partial charge in [-0.15, -0.1) is 0 Å². The van der Waals surface area contributed by atoms with Crippen molar-refractivity contribution in [1.29, 1.82) is 0 Å². The summed E-state index contributed by atoms with van der Waals surface area (Å²) in [6.45, 7) is 11.2. The Hall–Kier alpha value is -3.08. The van der Waals surface area contributed by atoms with E-state index in [0.717, 1.165) is 45.2 Å². The molecule has 0 aliphatic carbocycles. The first-order chi connectivity index (χ1) is 14.8. The van der Waals surface area contributed by atoms with Crippen molar-refractivity contribution in [2.45, 2.75) is 41.0 Å². The summed E-state index contributed by atoms with van der Waals surface area (Å²) >= 11 is 0. The Labute approximate surface area is 183 Å². The molecule has 31 heavy (non-hydrogen) atoms. The molecular formula is C26H30FNO3. The largest absolute Gasteiger partial charge is 0.493 e. The maximum Gasteiger partial charge on any atom is 0.244 e. The minimum atomic E-state index is -0.283. The van der Waals surface area contributed by atoms with Gasteiger partial charge in [0, 0.05) is 34.7 Å². The number of hydrogen-bond donors (Lipinski definition) is 1. The Balaban J connectivity index is 2.05. The number of allylic oxidation sites excluding steroid dienone is 1. The van der Waals surface area contributed by atoms with E-state index < -0.39 is 0 Å². The van der Waals surface area contributed by atoms with Crippen LogP contribution in [0, 0.1) is 18.7 Å².